The first-order chi connectivity index (χ1) is 13.0. The lowest BCUT2D eigenvalue weighted by Crippen LogP contribution is -2.21. The van der Waals surface area contributed by atoms with Crippen molar-refractivity contribution in [1.82, 2.24) is 0 Å². The fourth-order valence-electron chi connectivity index (χ4n) is 2.23. The summed E-state index contributed by atoms with van der Waals surface area (Å²) in [6.07, 6.45) is 0. The molecule has 2 aromatic carbocycles. The van der Waals surface area contributed by atoms with Gasteiger partial charge in [0.2, 0.25) is 0 Å². The Bertz CT molecular complexity index is 797. The first-order valence-electron chi connectivity index (χ1n) is 7.92. The average Bonchev–Trinajstić information content (AvgIpc) is 2.71. The summed E-state index contributed by atoms with van der Waals surface area (Å²) in [5.41, 5.74) is 0.642. The Hall–Kier alpha value is -3.42. The van der Waals surface area contributed by atoms with Gasteiger partial charge in [-0.15, -0.1) is 0 Å². The topological polar surface area (TPSA) is 92.3 Å². The molecule has 0 radical (unpaired) electrons. The van der Waals surface area contributed by atoms with Crippen LogP contribution in [0.1, 0.15) is 10.4 Å². The van der Waals surface area contributed by atoms with Crippen LogP contribution < -0.4 is 24.3 Å². The molecule has 1 amide bonds. The molecule has 2 rings (SSSR count). The molecule has 0 aliphatic heterocycles. The number of anilines is 1. The highest BCUT2D eigenvalue weighted by Gasteiger charge is 2.14. The molecule has 27 heavy (non-hydrogen) atoms. The van der Waals surface area contributed by atoms with E-state index in [2.05, 4.69) is 5.32 Å². The normalized spacial score (nSPS) is 9.93. The molecule has 0 saturated carbocycles. The monoisotopic (exact) mass is 375 g/mol. The lowest BCUT2D eigenvalue weighted by molar-refractivity contribution is -0.119. The molecular weight excluding hydrogens is 354 g/mol. The summed E-state index contributed by atoms with van der Waals surface area (Å²) < 4.78 is 25.6. The van der Waals surface area contributed by atoms with Gasteiger partial charge in [0, 0.05) is 12.1 Å². The van der Waals surface area contributed by atoms with E-state index in [0.29, 0.717) is 28.7 Å². The second kappa shape index (κ2) is 9.33. The maximum absolute atomic E-state index is 12.2. The van der Waals surface area contributed by atoms with Crippen LogP contribution in [0.15, 0.2) is 36.4 Å². The van der Waals surface area contributed by atoms with Crippen LogP contribution in [-0.4, -0.2) is 46.9 Å². The molecule has 144 valence electrons. The Morgan fingerprint density at radius 3 is 2.00 bits per heavy atom. The van der Waals surface area contributed by atoms with Crippen molar-refractivity contribution in [1.29, 1.82) is 0 Å². The predicted octanol–water partition coefficient (Wildman–Crippen LogP) is 2.52. The molecule has 0 saturated heterocycles. The number of methoxy groups -OCH3 is 4. The van der Waals surface area contributed by atoms with Gasteiger partial charge in [-0.05, 0) is 24.3 Å². The van der Waals surface area contributed by atoms with Crippen molar-refractivity contribution >= 4 is 17.6 Å². The Labute approximate surface area is 156 Å². The van der Waals surface area contributed by atoms with Gasteiger partial charge >= 0.3 is 5.97 Å². The second-order valence-electron chi connectivity index (χ2n) is 5.29. The van der Waals surface area contributed by atoms with Gasteiger partial charge in [0.25, 0.3) is 5.91 Å². The predicted molar refractivity (Wildman–Crippen MR) is 98.0 cm³/mol. The minimum Gasteiger partial charge on any atom is -0.497 e. The number of carbonyl (C=O) groups is 2. The molecular formula is C19H21NO7. The highest BCUT2D eigenvalue weighted by Crippen LogP contribution is 2.29. The molecule has 0 unspecified atom stereocenters. The molecule has 0 heterocycles. The third-order valence-corrected chi connectivity index (χ3v) is 3.60. The summed E-state index contributed by atoms with van der Waals surface area (Å²) in [7, 11) is 5.94. The first-order valence-corrected chi connectivity index (χ1v) is 7.92. The standard InChI is InChI=1S/C19H21NO7/c1-23-13-5-6-16(17(10-13)26-4)20-18(21)11-27-19(22)12-7-14(24-2)9-15(8-12)25-3/h5-10H,11H2,1-4H3,(H,20,21). The van der Waals surface area contributed by atoms with Crippen molar-refractivity contribution in [3.8, 4) is 23.0 Å². The van der Waals surface area contributed by atoms with Crippen LogP contribution in [0.5, 0.6) is 23.0 Å². The zero-order valence-corrected chi connectivity index (χ0v) is 15.5. The van der Waals surface area contributed by atoms with Crippen molar-refractivity contribution in [2.45, 2.75) is 0 Å². The van der Waals surface area contributed by atoms with E-state index in [0.717, 1.165) is 0 Å². The van der Waals surface area contributed by atoms with Gasteiger partial charge in [-0.1, -0.05) is 0 Å². The zero-order chi connectivity index (χ0) is 19.8. The van der Waals surface area contributed by atoms with Crippen LogP contribution in [0.25, 0.3) is 0 Å². The van der Waals surface area contributed by atoms with E-state index in [-0.39, 0.29) is 5.56 Å². The van der Waals surface area contributed by atoms with Crippen LogP contribution in [0.2, 0.25) is 0 Å². The average molecular weight is 375 g/mol. The number of nitrogens with one attached hydrogen (secondary N) is 1. The van der Waals surface area contributed by atoms with E-state index in [1.807, 2.05) is 0 Å². The fourth-order valence-corrected chi connectivity index (χ4v) is 2.23. The third-order valence-electron chi connectivity index (χ3n) is 3.60. The number of hydrogen-bond donors (Lipinski definition) is 1. The Kier molecular flexibility index (Phi) is 6.87. The molecule has 8 nitrogen and oxygen atoms in total. The van der Waals surface area contributed by atoms with Gasteiger partial charge in [0.15, 0.2) is 6.61 Å². The van der Waals surface area contributed by atoms with E-state index in [1.54, 1.807) is 24.3 Å². The summed E-state index contributed by atoms with van der Waals surface area (Å²) in [5, 5.41) is 2.62. The van der Waals surface area contributed by atoms with Gasteiger partial charge in [0.1, 0.15) is 23.0 Å². The van der Waals surface area contributed by atoms with E-state index < -0.39 is 18.5 Å². The minimum absolute atomic E-state index is 0.209. The van der Waals surface area contributed by atoms with Gasteiger partial charge in [-0.2, -0.15) is 0 Å². The molecule has 0 bridgehead atoms. The number of esters is 1. The largest absolute Gasteiger partial charge is 0.497 e. The Morgan fingerprint density at radius 1 is 0.815 bits per heavy atom. The van der Waals surface area contributed by atoms with Gasteiger partial charge in [0.05, 0.1) is 39.7 Å². The number of carbonyl (C=O) groups excluding carboxylic acids is 2. The SMILES string of the molecule is COc1cc(OC)cc(C(=O)OCC(=O)Nc2ccc(OC)cc2OC)c1. The third kappa shape index (κ3) is 5.27. The quantitative estimate of drug-likeness (QED) is 0.709. The van der Waals surface area contributed by atoms with Crippen molar-refractivity contribution in [3.05, 3.63) is 42.0 Å². The second-order valence-corrected chi connectivity index (χ2v) is 5.29. The molecule has 0 spiro atoms. The highest BCUT2D eigenvalue weighted by molar-refractivity contribution is 5.96. The molecule has 0 atom stereocenters. The van der Waals surface area contributed by atoms with Crippen LogP contribution in [-0.2, 0) is 9.53 Å². The van der Waals surface area contributed by atoms with E-state index >= 15 is 0 Å². The summed E-state index contributed by atoms with van der Waals surface area (Å²) in [6.45, 7) is -0.465. The van der Waals surface area contributed by atoms with Crippen molar-refractivity contribution in [3.63, 3.8) is 0 Å². The fraction of sp³-hybridized carbons (Fsp3) is 0.263. The smallest absolute Gasteiger partial charge is 0.338 e. The van der Waals surface area contributed by atoms with E-state index in [4.69, 9.17) is 23.7 Å². The molecule has 0 aromatic heterocycles. The molecule has 0 aliphatic rings. The lowest BCUT2D eigenvalue weighted by atomic mass is 10.2. The number of benzene rings is 2. The number of amides is 1. The number of hydrogen-bond acceptors (Lipinski definition) is 7. The van der Waals surface area contributed by atoms with Crippen molar-refractivity contribution < 1.29 is 33.3 Å². The summed E-state index contributed by atoms with van der Waals surface area (Å²) in [5.74, 6) is 0.697. The molecule has 1 N–H and O–H groups in total. The van der Waals surface area contributed by atoms with Crippen LogP contribution in [0.3, 0.4) is 0 Å². The Balaban J connectivity index is 2.00. The van der Waals surface area contributed by atoms with E-state index in [1.165, 1.54) is 40.6 Å². The lowest BCUT2D eigenvalue weighted by Gasteiger charge is -2.12. The summed E-state index contributed by atoms with van der Waals surface area (Å²) in [6, 6.07) is 9.55. The van der Waals surface area contributed by atoms with Crippen LogP contribution in [0, 0.1) is 0 Å². The zero-order valence-electron chi connectivity index (χ0n) is 15.5. The molecule has 8 heteroatoms. The summed E-state index contributed by atoms with van der Waals surface area (Å²) in [4.78, 5) is 24.3. The highest BCUT2D eigenvalue weighted by atomic mass is 16.5. The minimum atomic E-state index is -0.677. The van der Waals surface area contributed by atoms with Crippen molar-refractivity contribution in [2.75, 3.05) is 40.4 Å². The number of rotatable bonds is 8. The van der Waals surface area contributed by atoms with Crippen molar-refractivity contribution in [2.24, 2.45) is 0 Å². The summed E-state index contributed by atoms with van der Waals surface area (Å²) >= 11 is 0. The molecule has 2 aromatic rings. The van der Waals surface area contributed by atoms with E-state index in [9.17, 15) is 9.59 Å². The maximum Gasteiger partial charge on any atom is 0.338 e. The van der Waals surface area contributed by atoms with Gasteiger partial charge < -0.3 is 29.0 Å². The van der Waals surface area contributed by atoms with Gasteiger partial charge in [-0.25, -0.2) is 4.79 Å². The number of ether oxygens (including phenoxy) is 5. The molecule has 0 aliphatic carbocycles. The van der Waals surface area contributed by atoms with Gasteiger partial charge in [-0.3, -0.25) is 4.79 Å². The van der Waals surface area contributed by atoms with Crippen LogP contribution >= 0.6 is 0 Å². The maximum atomic E-state index is 12.2. The Morgan fingerprint density at radius 2 is 1.44 bits per heavy atom. The van der Waals surface area contributed by atoms with Crippen LogP contribution in [0.4, 0.5) is 5.69 Å². The first kappa shape index (κ1) is 19.9. The molecule has 0 fully saturated rings.